The number of ether oxygens (including phenoxy) is 2. The number of benzene rings is 2. The Bertz CT molecular complexity index is 1070. The van der Waals surface area contributed by atoms with Gasteiger partial charge in [0, 0.05) is 29.4 Å². The number of rotatable bonds is 7. The van der Waals surface area contributed by atoms with Crippen LogP contribution in [-0.4, -0.2) is 37.3 Å². The van der Waals surface area contributed by atoms with Crippen molar-refractivity contribution in [1.29, 1.82) is 0 Å². The monoisotopic (exact) mass is 470 g/mol. The second-order valence-corrected chi connectivity index (χ2v) is 9.50. The molecule has 0 bridgehead atoms. The largest absolute Gasteiger partial charge is 0.469 e. The summed E-state index contributed by atoms with van der Waals surface area (Å²) in [4.78, 5) is 19.8. The van der Waals surface area contributed by atoms with Gasteiger partial charge >= 0.3 is 5.97 Å². The van der Waals surface area contributed by atoms with Crippen molar-refractivity contribution in [2.24, 2.45) is 0 Å². The molecule has 0 N–H and O–H groups in total. The average molecular weight is 471 g/mol. The van der Waals surface area contributed by atoms with Crippen molar-refractivity contribution in [3.8, 4) is 10.6 Å². The molecule has 5 nitrogen and oxygen atoms in total. The van der Waals surface area contributed by atoms with Crippen molar-refractivity contribution in [1.82, 2.24) is 4.98 Å². The number of carbonyl (C=O) groups is 1. The summed E-state index contributed by atoms with van der Waals surface area (Å²) >= 11 is 7.68. The Labute approximate surface area is 198 Å². The Morgan fingerprint density at radius 1 is 1.25 bits per heavy atom. The van der Waals surface area contributed by atoms with Crippen LogP contribution in [-0.2, 0) is 27.3 Å². The van der Waals surface area contributed by atoms with E-state index in [1.165, 1.54) is 7.11 Å². The van der Waals surface area contributed by atoms with Crippen molar-refractivity contribution in [3.05, 3.63) is 69.7 Å². The number of hydrogen-bond acceptors (Lipinski definition) is 6. The van der Waals surface area contributed by atoms with Crippen molar-refractivity contribution >= 4 is 34.6 Å². The molecule has 1 fully saturated rings. The van der Waals surface area contributed by atoms with E-state index in [0.29, 0.717) is 13.0 Å². The molecule has 0 saturated carbocycles. The lowest BCUT2D eigenvalue weighted by Crippen LogP contribution is -2.39. The quantitative estimate of drug-likeness (QED) is 0.416. The first-order chi connectivity index (χ1) is 15.5. The summed E-state index contributed by atoms with van der Waals surface area (Å²) in [6, 6.07) is 15.9. The first kappa shape index (κ1) is 22.8. The van der Waals surface area contributed by atoms with Crippen LogP contribution < -0.4 is 4.90 Å². The molecule has 32 heavy (non-hydrogen) atoms. The molecule has 0 radical (unpaired) electrons. The van der Waals surface area contributed by atoms with Crippen molar-refractivity contribution in [2.45, 2.75) is 38.9 Å². The Morgan fingerprint density at radius 2 is 2.06 bits per heavy atom. The Kier molecular flexibility index (Phi) is 7.45. The predicted molar refractivity (Wildman–Crippen MR) is 129 cm³/mol. The van der Waals surface area contributed by atoms with Crippen LogP contribution in [0.25, 0.3) is 10.6 Å². The van der Waals surface area contributed by atoms with Gasteiger partial charge in [-0.15, -0.1) is 11.3 Å². The van der Waals surface area contributed by atoms with Gasteiger partial charge in [-0.05, 0) is 49.6 Å². The number of anilines is 1. The smallest absolute Gasteiger partial charge is 0.309 e. The molecule has 2 aromatic carbocycles. The van der Waals surface area contributed by atoms with Gasteiger partial charge in [-0.1, -0.05) is 35.9 Å². The Morgan fingerprint density at radius 3 is 2.84 bits per heavy atom. The maximum Gasteiger partial charge on any atom is 0.309 e. The number of esters is 1. The fourth-order valence-corrected chi connectivity index (χ4v) is 5.00. The fourth-order valence-electron chi connectivity index (χ4n) is 3.88. The third kappa shape index (κ3) is 5.68. The zero-order valence-corrected chi connectivity index (χ0v) is 19.9. The first-order valence-corrected chi connectivity index (χ1v) is 12.0. The van der Waals surface area contributed by atoms with Crippen LogP contribution in [0.5, 0.6) is 0 Å². The number of piperidine rings is 1. The van der Waals surface area contributed by atoms with E-state index in [1.54, 1.807) is 11.3 Å². The van der Waals surface area contributed by atoms with E-state index in [0.717, 1.165) is 63.3 Å². The van der Waals surface area contributed by atoms with E-state index in [2.05, 4.69) is 17.0 Å². The van der Waals surface area contributed by atoms with Crippen LogP contribution in [0.15, 0.2) is 48.5 Å². The Hall–Kier alpha value is -2.41. The summed E-state index contributed by atoms with van der Waals surface area (Å²) < 4.78 is 11.1. The first-order valence-electron chi connectivity index (χ1n) is 10.8. The predicted octanol–water partition coefficient (Wildman–Crippen LogP) is 5.67. The molecule has 1 saturated heterocycles. The highest BCUT2D eigenvalue weighted by atomic mass is 35.5. The number of hydrogen-bond donors (Lipinski definition) is 0. The topological polar surface area (TPSA) is 51.7 Å². The molecule has 2 heterocycles. The van der Waals surface area contributed by atoms with Gasteiger partial charge in [0.2, 0.25) is 0 Å². The van der Waals surface area contributed by atoms with Gasteiger partial charge < -0.3 is 14.4 Å². The van der Waals surface area contributed by atoms with E-state index >= 15 is 0 Å². The summed E-state index contributed by atoms with van der Waals surface area (Å²) in [7, 11) is 1.42. The van der Waals surface area contributed by atoms with Crippen LogP contribution in [0.3, 0.4) is 0 Å². The van der Waals surface area contributed by atoms with Gasteiger partial charge in [0.15, 0.2) is 0 Å². The molecule has 1 aromatic heterocycles. The maximum absolute atomic E-state index is 11.6. The molecular weight excluding hydrogens is 444 g/mol. The normalized spacial score (nSPS) is 16.2. The zero-order chi connectivity index (χ0) is 22.5. The molecule has 0 spiro atoms. The summed E-state index contributed by atoms with van der Waals surface area (Å²) in [5.74, 6) is -0.222. The minimum absolute atomic E-state index is 0.161. The van der Waals surface area contributed by atoms with E-state index in [4.69, 9.17) is 26.1 Å². The van der Waals surface area contributed by atoms with Gasteiger partial charge in [-0.25, -0.2) is 4.98 Å². The Balaban J connectivity index is 1.37. The minimum atomic E-state index is -0.222. The molecule has 0 amide bonds. The number of thiazole rings is 1. The molecule has 1 aliphatic heterocycles. The number of halogens is 1. The lowest BCUT2D eigenvalue weighted by atomic mass is 10.1. The summed E-state index contributed by atoms with van der Waals surface area (Å²) in [6.07, 6.45) is 2.57. The molecule has 4 rings (SSSR count). The lowest BCUT2D eigenvalue weighted by molar-refractivity contribution is -0.139. The summed E-state index contributed by atoms with van der Waals surface area (Å²) in [5.41, 5.74) is 4.18. The second kappa shape index (κ2) is 10.5. The second-order valence-electron chi connectivity index (χ2n) is 7.98. The average Bonchev–Trinajstić information content (AvgIpc) is 3.19. The number of aryl methyl sites for hydroxylation is 1. The number of carbonyl (C=O) groups excluding carboxylic acids is 1. The maximum atomic E-state index is 11.6. The van der Waals surface area contributed by atoms with Gasteiger partial charge in [0.05, 0.1) is 36.8 Å². The van der Waals surface area contributed by atoms with E-state index < -0.39 is 0 Å². The van der Waals surface area contributed by atoms with Crippen LogP contribution in [0.4, 0.5) is 5.69 Å². The molecule has 3 aromatic rings. The van der Waals surface area contributed by atoms with Crippen molar-refractivity contribution in [2.75, 3.05) is 25.1 Å². The summed E-state index contributed by atoms with van der Waals surface area (Å²) in [6.45, 7) is 4.43. The molecular formula is C25H27ClN2O3S. The van der Waals surface area contributed by atoms with Gasteiger partial charge in [-0.2, -0.15) is 0 Å². The SMILES string of the molecule is COC(=O)Cc1cccc(N2CCCC(OCc3sc(-c4ccc(Cl)cc4)nc3C)C2)c1. The molecule has 1 aliphatic rings. The molecule has 168 valence electrons. The van der Waals surface area contributed by atoms with Crippen LogP contribution >= 0.6 is 22.9 Å². The zero-order valence-electron chi connectivity index (χ0n) is 18.3. The highest BCUT2D eigenvalue weighted by Crippen LogP contribution is 2.30. The third-order valence-corrected chi connectivity index (χ3v) is 7.10. The fraction of sp³-hybridized carbons (Fsp3) is 0.360. The lowest BCUT2D eigenvalue weighted by Gasteiger charge is -2.34. The molecule has 7 heteroatoms. The number of aromatic nitrogens is 1. The molecule has 0 aliphatic carbocycles. The highest BCUT2D eigenvalue weighted by molar-refractivity contribution is 7.15. The van der Waals surface area contributed by atoms with Gasteiger partial charge in [-0.3, -0.25) is 4.79 Å². The molecule has 1 atom stereocenters. The van der Waals surface area contributed by atoms with Crippen molar-refractivity contribution < 1.29 is 14.3 Å². The third-order valence-electron chi connectivity index (χ3n) is 5.66. The van der Waals surface area contributed by atoms with Gasteiger partial charge in [0.1, 0.15) is 5.01 Å². The van der Waals surface area contributed by atoms with Gasteiger partial charge in [0.25, 0.3) is 0 Å². The van der Waals surface area contributed by atoms with Crippen LogP contribution in [0, 0.1) is 6.92 Å². The van der Waals surface area contributed by atoms with Crippen LogP contribution in [0.1, 0.15) is 29.0 Å². The van der Waals surface area contributed by atoms with Crippen molar-refractivity contribution in [3.63, 3.8) is 0 Å². The number of methoxy groups -OCH3 is 1. The van der Waals surface area contributed by atoms with E-state index in [-0.39, 0.29) is 12.1 Å². The highest BCUT2D eigenvalue weighted by Gasteiger charge is 2.22. The summed E-state index contributed by atoms with van der Waals surface area (Å²) in [5, 5.41) is 1.72. The minimum Gasteiger partial charge on any atom is -0.469 e. The van der Waals surface area contributed by atoms with E-state index in [9.17, 15) is 4.79 Å². The standard InChI is InChI=1S/C25H27ClN2O3S/c1-17-23(32-25(27-17)19-8-10-20(26)11-9-19)16-31-22-7-4-12-28(15-22)21-6-3-5-18(13-21)14-24(29)30-2/h3,5-6,8-11,13,22H,4,7,12,14-16H2,1-2H3. The molecule has 1 unspecified atom stereocenters. The number of nitrogens with zero attached hydrogens (tertiary/aromatic N) is 2. The van der Waals surface area contributed by atoms with Crippen LogP contribution in [0.2, 0.25) is 5.02 Å². The van der Waals surface area contributed by atoms with E-state index in [1.807, 2.05) is 43.3 Å².